The molecule has 2 aromatic rings. The number of ether oxygens (including phenoxy) is 6. The van der Waals surface area contributed by atoms with Gasteiger partial charge in [0.25, 0.3) is 0 Å². The molecule has 3 fully saturated rings. The Bertz CT molecular complexity index is 1480. The molecular weight excluding hydrogens is 694 g/mol. The van der Waals surface area contributed by atoms with E-state index < -0.39 is 0 Å². The number of nitrogens with zero attached hydrogens (tertiary/aromatic N) is 2. The van der Waals surface area contributed by atoms with Crippen molar-refractivity contribution in [2.75, 3.05) is 74.6 Å². The minimum atomic E-state index is -0.315. The molecule has 0 saturated carbocycles. The number of hydrogen-bond donors (Lipinski definition) is 1. The molecule has 5 aliphatic rings. The highest BCUT2D eigenvalue weighted by Gasteiger charge is 2.41. The highest BCUT2D eigenvalue weighted by atomic mass is 19.1. The molecule has 0 aliphatic carbocycles. The first kappa shape index (κ1) is 40.9. The maximum Gasteiger partial charge on any atom is 0.161 e. The third-order valence-corrected chi connectivity index (χ3v) is 12.5. The maximum atomic E-state index is 12.7. The number of piperidine rings is 2. The van der Waals surface area contributed by atoms with E-state index in [4.69, 9.17) is 28.4 Å². The molecule has 0 bridgehead atoms. The summed E-state index contributed by atoms with van der Waals surface area (Å²) in [5, 5.41) is 10.6. The van der Waals surface area contributed by atoms with Crippen molar-refractivity contribution in [1.82, 2.24) is 9.80 Å². The van der Waals surface area contributed by atoms with Crippen LogP contribution in [0.3, 0.4) is 0 Å². The van der Waals surface area contributed by atoms with Gasteiger partial charge in [0.1, 0.15) is 0 Å². The van der Waals surface area contributed by atoms with Crippen LogP contribution in [0.5, 0.6) is 23.0 Å². The molecule has 7 atom stereocenters. The first-order valence-electron chi connectivity index (χ1n) is 20.5. The van der Waals surface area contributed by atoms with Crippen molar-refractivity contribution in [2.45, 2.75) is 114 Å². The number of unbranched alkanes of at least 4 members (excludes halogenated alkanes) is 2. The van der Waals surface area contributed by atoms with Crippen molar-refractivity contribution in [3.05, 3.63) is 46.5 Å². The lowest BCUT2D eigenvalue weighted by Crippen LogP contribution is -2.49. The normalized spacial score (nSPS) is 28.0. The Kier molecular flexibility index (Phi) is 15.1. The van der Waals surface area contributed by atoms with Gasteiger partial charge in [-0.15, -0.1) is 0 Å². The largest absolute Gasteiger partial charge is 0.493 e. The molecule has 302 valence electrons. The van der Waals surface area contributed by atoms with Crippen molar-refractivity contribution in [2.24, 2.45) is 11.8 Å². The summed E-state index contributed by atoms with van der Waals surface area (Å²) in [4.78, 5) is 5.07. The van der Waals surface area contributed by atoms with Crippen LogP contribution in [-0.4, -0.2) is 108 Å². The predicted octanol–water partition coefficient (Wildman–Crippen LogP) is 7.80. The number of methoxy groups -OCH3 is 4. The van der Waals surface area contributed by atoms with Gasteiger partial charge in [-0.1, -0.05) is 12.8 Å². The van der Waals surface area contributed by atoms with Crippen LogP contribution < -0.4 is 18.9 Å². The molecule has 0 aromatic heterocycles. The molecule has 0 spiro atoms. The summed E-state index contributed by atoms with van der Waals surface area (Å²) in [6.07, 6.45) is 11.6. The van der Waals surface area contributed by atoms with E-state index in [0.717, 1.165) is 120 Å². The van der Waals surface area contributed by atoms with Crippen LogP contribution in [0, 0.1) is 11.8 Å². The molecule has 0 amide bonds. The van der Waals surface area contributed by atoms with Crippen molar-refractivity contribution in [3.63, 3.8) is 0 Å². The summed E-state index contributed by atoms with van der Waals surface area (Å²) in [7, 11) is 6.70. The third kappa shape index (κ3) is 9.63. The molecule has 5 heterocycles. The van der Waals surface area contributed by atoms with Gasteiger partial charge in [0.05, 0.1) is 54.0 Å². The van der Waals surface area contributed by atoms with E-state index in [-0.39, 0.29) is 43.8 Å². The van der Waals surface area contributed by atoms with Gasteiger partial charge >= 0.3 is 0 Å². The highest BCUT2D eigenvalue weighted by molar-refractivity contribution is 5.50. The topological polar surface area (TPSA) is 82.1 Å². The number of halogens is 2. The van der Waals surface area contributed by atoms with Crippen LogP contribution in [0.4, 0.5) is 8.78 Å². The molecule has 1 unspecified atom stereocenters. The molecule has 3 saturated heterocycles. The standard InChI is InChI=1S/C24H36FNO4.C19H28FNO3/c1-27-22-13-17-9-11-26-16-18(7-3-5-10-25)21(30-24-8-4-6-12-29-24)15-20(26)19(17)14-23(22)28-2;1-23-18-9-13-6-8-21-12-14(5-3-4-7-20)17(22)11-16(21)15(13)10-19(18)24-2/h13-14,18,20-21,24H,3-12,15-16H2,1-2H3;9-10,14,16-17,22H,3-8,11-12H2,1-2H3/t18-,20-,21-,24?;14-,16-,17-/m11/s1/i25+0;20+0. The quantitative estimate of drug-likeness (QED) is 0.194. The fraction of sp³-hybridized carbons (Fsp3) is 0.721. The van der Waals surface area contributed by atoms with E-state index in [1.807, 2.05) is 0 Å². The van der Waals surface area contributed by atoms with E-state index in [2.05, 4.69) is 34.1 Å². The van der Waals surface area contributed by atoms with Crippen molar-refractivity contribution in [3.8, 4) is 23.0 Å². The smallest absolute Gasteiger partial charge is 0.161 e. The average Bonchev–Trinajstić information content (AvgIpc) is 3.20. The number of alkyl halides is 2. The summed E-state index contributed by atoms with van der Waals surface area (Å²) >= 11 is 0. The second-order valence-electron chi connectivity index (χ2n) is 15.7. The lowest BCUT2D eigenvalue weighted by molar-refractivity contribution is -0.212. The van der Waals surface area contributed by atoms with Gasteiger partial charge in [-0.25, -0.2) is 0 Å². The van der Waals surface area contributed by atoms with Crippen LogP contribution in [0.2, 0.25) is 0 Å². The molecule has 1 N–H and O–H groups in total. The first-order valence-corrected chi connectivity index (χ1v) is 20.5. The van der Waals surface area contributed by atoms with Crippen LogP contribution in [0.1, 0.15) is 105 Å². The Labute approximate surface area is 321 Å². The minimum Gasteiger partial charge on any atom is -0.493 e. The average molecular weight is 759 g/mol. The number of hydrogen-bond acceptors (Lipinski definition) is 9. The monoisotopic (exact) mass is 758 g/mol. The highest BCUT2D eigenvalue weighted by Crippen LogP contribution is 2.46. The van der Waals surface area contributed by atoms with E-state index in [1.165, 1.54) is 28.7 Å². The molecule has 11 heteroatoms. The lowest BCUT2D eigenvalue weighted by atomic mass is 9.80. The fourth-order valence-electron chi connectivity index (χ4n) is 9.57. The van der Waals surface area contributed by atoms with E-state index in [9.17, 15) is 13.9 Å². The number of aliphatic hydroxyl groups excluding tert-OH is 1. The zero-order chi connectivity index (χ0) is 38.0. The van der Waals surface area contributed by atoms with Crippen LogP contribution in [0.15, 0.2) is 24.3 Å². The zero-order valence-corrected chi connectivity index (χ0v) is 33.0. The maximum absolute atomic E-state index is 12.7. The third-order valence-electron chi connectivity index (χ3n) is 12.5. The molecule has 7 rings (SSSR count). The summed E-state index contributed by atoms with van der Waals surface area (Å²) in [6, 6.07) is 8.99. The molecule has 9 nitrogen and oxygen atoms in total. The number of aliphatic hydroxyl groups is 1. The van der Waals surface area contributed by atoms with E-state index >= 15 is 0 Å². The van der Waals surface area contributed by atoms with Gasteiger partial charge in [-0.3, -0.25) is 18.6 Å². The van der Waals surface area contributed by atoms with Crippen LogP contribution in [0.25, 0.3) is 0 Å². The van der Waals surface area contributed by atoms with E-state index in [1.54, 1.807) is 28.4 Å². The number of benzene rings is 2. The fourth-order valence-corrected chi connectivity index (χ4v) is 9.57. The van der Waals surface area contributed by atoms with Gasteiger partial charge < -0.3 is 33.5 Å². The minimum absolute atomic E-state index is 0.0903. The Balaban J connectivity index is 0.000000189. The number of fused-ring (bicyclic) bond motifs is 6. The van der Waals surface area contributed by atoms with Crippen LogP contribution in [-0.2, 0) is 22.3 Å². The van der Waals surface area contributed by atoms with Gasteiger partial charge in [-0.05, 0) is 129 Å². The Hall–Kier alpha value is -2.70. The van der Waals surface area contributed by atoms with Crippen molar-refractivity contribution >= 4 is 0 Å². The zero-order valence-electron chi connectivity index (χ0n) is 33.0. The summed E-state index contributed by atoms with van der Waals surface area (Å²) < 4.78 is 59.4. The van der Waals surface area contributed by atoms with Gasteiger partial charge in [-0.2, -0.15) is 0 Å². The van der Waals surface area contributed by atoms with Gasteiger partial charge in [0.15, 0.2) is 29.3 Å². The predicted molar refractivity (Wildman–Crippen MR) is 205 cm³/mol. The molecule has 5 aliphatic heterocycles. The Morgan fingerprint density at radius 1 is 0.685 bits per heavy atom. The summed E-state index contributed by atoms with van der Waals surface area (Å²) in [6.45, 7) is 4.24. The van der Waals surface area contributed by atoms with Gasteiger partial charge in [0.2, 0.25) is 0 Å². The Morgan fingerprint density at radius 2 is 1.20 bits per heavy atom. The SMILES string of the molecule is COc1cc2c(cc1OC)[C@H]1C[C@@H](O)[C@H](CCCC[19F])CN1CC2.COc1cc2c(cc1OC)[C@H]1C[C@@H](OC3CCCCO3)[C@H](CCCC[19F])CN1CC2. The van der Waals surface area contributed by atoms with Gasteiger partial charge in [0, 0.05) is 44.9 Å². The summed E-state index contributed by atoms with van der Waals surface area (Å²) in [5.74, 6) is 3.79. The van der Waals surface area contributed by atoms with Crippen molar-refractivity contribution in [1.29, 1.82) is 0 Å². The lowest BCUT2D eigenvalue weighted by Gasteiger charge is -2.48. The van der Waals surface area contributed by atoms with Crippen LogP contribution >= 0.6 is 0 Å². The number of rotatable bonds is 14. The molecule has 2 aromatic carbocycles. The molecule has 54 heavy (non-hydrogen) atoms. The molecule has 0 radical (unpaired) electrons. The molecular formula is C43H64F2N2O7. The Morgan fingerprint density at radius 3 is 1.72 bits per heavy atom. The first-order chi connectivity index (χ1) is 26.4. The second-order valence-corrected chi connectivity index (χ2v) is 15.7. The van der Waals surface area contributed by atoms with Crippen molar-refractivity contribution < 1.29 is 42.3 Å². The van der Waals surface area contributed by atoms with E-state index in [0.29, 0.717) is 24.8 Å². The summed E-state index contributed by atoms with van der Waals surface area (Å²) in [5.41, 5.74) is 5.22. The second kappa shape index (κ2) is 19.9.